The molecule has 1 aliphatic rings. The number of aromatic nitrogens is 4. The summed E-state index contributed by atoms with van der Waals surface area (Å²) < 4.78 is 42.1. The lowest BCUT2D eigenvalue weighted by atomic mass is 9.96. The first-order chi connectivity index (χ1) is 16.3. The normalized spacial score (nSPS) is 17.1. The van der Waals surface area contributed by atoms with Crippen molar-refractivity contribution >= 4 is 23.7 Å². The van der Waals surface area contributed by atoms with E-state index in [0.717, 1.165) is 12.1 Å². The highest BCUT2D eigenvalue weighted by Crippen LogP contribution is 2.34. The Hall–Kier alpha value is -3.73. The van der Waals surface area contributed by atoms with Crippen LogP contribution >= 0.6 is 0 Å². The number of rotatable bonds is 3. The number of anilines is 1. The van der Waals surface area contributed by atoms with Crippen LogP contribution in [0.5, 0.6) is 0 Å². The van der Waals surface area contributed by atoms with Gasteiger partial charge in [0.05, 0.1) is 22.6 Å². The summed E-state index contributed by atoms with van der Waals surface area (Å²) in [7, 11) is 1.70. The summed E-state index contributed by atoms with van der Waals surface area (Å²) in [5.41, 5.74) is 1.93. The van der Waals surface area contributed by atoms with E-state index in [9.17, 15) is 18.3 Å². The number of aryl methyl sites for hydroxylation is 2. The third-order valence-corrected chi connectivity index (χ3v) is 5.80. The summed E-state index contributed by atoms with van der Waals surface area (Å²) in [4.78, 5) is 4.54. The molecule has 35 heavy (non-hydrogen) atoms. The highest BCUT2D eigenvalue weighted by molar-refractivity contribution is 6.05. The zero-order valence-corrected chi connectivity index (χ0v) is 20.0. The summed E-state index contributed by atoms with van der Waals surface area (Å²) in [6, 6.07) is 4.83. The molecule has 1 aliphatic heterocycles. The quantitative estimate of drug-likeness (QED) is 0.502. The molecule has 2 aromatic heterocycles. The van der Waals surface area contributed by atoms with Gasteiger partial charge in [0, 0.05) is 48.1 Å². The van der Waals surface area contributed by atoms with Crippen molar-refractivity contribution in [2.75, 3.05) is 5.32 Å². The number of fused-ring (bicyclic) bond motifs is 1. The molecule has 11 heteroatoms. The number of halogens is 3. The van der Waals surface area contributed by atoms with Gasteiger partial charge in [0.2, 0.25) is 0 Å². The second-order valence-corrected chi connectivity index (χ2v) is 8.95. The van der Waals surface area contributed by atoms with Crippen LogP contribution in [0, 0.1) is 19.3 Å². The lowest BCUT2D eigenvalue weighted by molar-refractivity contribution is -0.137. The Morgan fingerprint density at radius 1 is 1.09 bits per heavy atom. The second-order valence-electron chi connectivity index (χ2n) is 8.95. The van der Waals surface area contributed by atoms with Gasteiger partial charge in [0.15, 0.2) is 5.82 Å². The molecule has 4 rings (SSSR count). The summed E-state index contributed by atoms with van der Waals surface area (Å²) in [6.45, 7) is 7.00. The van der Waals surface area contributed by atoms with Gasteiger partial charge in [0.1, 0.15) is 11.7 Å². The van der Waals surface area contributed by atoms with Gasteiger partial charge in [-0.25, -0.2) is 9.67 Å². The van der Waals surface area contributed by atoms with Gasteiger partial charge in [-0.15, -0.1) is 0 Å². The first kappa shape index (κ1) is 24.4. The molecule has 184 valence electrons. The SMILES string of the molecule is Cc1nn(C2=C/C(=N)Nc3c(c(-c4ccc(C(F)(F)F)cc4)nn3C)C/C=N\2)c(C)c1C(C)(C)O. The Labute approximate surface area is 200 Å². The van der Waals surface area contributed by atoms with Crippen molar-refractivity contribution in [3.63, 3.8) is 0 Å². The molecule has 0 amide bonds. The van der Waals surface area contributed by atoms with Crippen LogP contribution in [0.1, 0.15) is 41.9 Å². The average molecular weight is 486 g/mol. The maximum absolute atomic E-state index is 13.0. The molecule has 0 saturated heterocycles. The van der Waals surface area contributed by atoms with Crippen molar-refractivity contribution in [1.82, 2.24) is 19.6 Å². The third kappa shape index (κ3) is 4.63. The number of aliphatic hydroxyl groups is 1. The van der Waals surface area contributed by atoms with Gasteiger partial charge < -0.3 is 10.4 Å². The van der Waals surface area contributed by atoms with Crippen LogP contribution in [-0.4, -0.2) is 36.7 Å². The van der Waals surface area contributed by atoms with Crippen molar-refractivity contribution in [2.24, 2.45) is 12.0 Å². The van der Waals surface area contributed by atoms with E-state index in [2.05, 4.69) is 20.5 Å². The van der Waals surface area contributed by atoms with Gasteiger partial charge in [-0.3, -0.25) is 10.1 Å². The number of hydrogen-bond donors (Lipinski definition) is 3. The maximum atomic E-state index is 13.0. The van der Waals surface area contributed by atoms with Crippen molar-refractivity contribution in [1.29, 1.82) is 5.41 Å². The molecular formula is C24H26F3N7O. The van der Waals surface area contributed by atoms with Crippen LogP contribution in [0.2, 0.25) is 0 Å². The van der Waals surface area contributed by atoms with Crippen molar-refractivity contribution < 1.29 is 18.3 Å². The van der Waals surface area contributed by atoms with E-state index in [0.29, 0.717) is 51.8 Å². The van der Waals surface area contributed by atoms with Crippen LogP contribution in [0.4, 0.5) is 19.0 Å². The first-order valence-corrected chi connectivity index (χ1v) is 10.9. The van der Waals surface area contributed by atoms with Gasteiger partial charge in [0.25, 0.3) is 0 Å². The molecule has 0 spiro atoms. The highest BCUT2D eigenvalue weighted by Gasteiger charge is 2.30. The minimum absolute atomic E-state index is 0.0274. The first-order valence-electron chi connectivity index (χ1n) is 10.9. The van der Waals surface area contributed by atoms with E-state index >= 15 is 0 Å². The number of nitrogens with one attached hydrogen (secondary N) is 2. The molecule has 0 unspecified atom stereocenters. The van der Waals surface area contributed by atoms with Gasteiger partial charge >= 0.3 is 6.18 Å². The van der Waals surface area contributed by atoms with Crippen molar-refractivity contribution in [3.05, 3.63) is 58.4 Å². The maximum Gasteiger partial charge on any atom is 0.416 e. The fourth-order valence-corrected chi connectivity index (χ4v) is 4.39. The number of aliphatic imine (C=N–C) groups is 1. The van der Waals surface area contributed by atoms with E-state index in [4.69, 9.17) is 5.41 Å². The largest absolute Gasteiger partial charge is 0.416 e. The smallest absolute Gasteiger partial charge is 0.386 e. The second kappa shape index (κ2) is 8.49. The fraction of sp³-hybridized carbons (Fsp3) is 0.333. The van der Waals surface area contributed by atoms with Gasteiger partial charge in [-0.05, 0) is 39.8 Å². The number of hydrogen-bond acceptors (Lipinski definition) is 5. The van der Waals surface area contributed by atoms with Crippen LogP contribution in [0.15, 0.2) is 35.3 Å². The number of amidine groups is 1. The monoisotopic (exact) mass is 485 g/mol. The lowest BCUT2D eigenvalue weighted by Gasteiger charge is -2.18. The molecule has 1 aromatic carbocycles. The van der Waals surface area contributed by atoms with E-state index in [1.165, 1.54) is 18.2 Å². The summed E-state index contributed by atoms with van der Waals surface area (Å²) >= 11 is 0. The van der Waals surface area contributed by atoms with Gasteiger partial charge in [-0.1, -0.05) is 12.1 Å². The van der Waals surface area contributed by atoms with Gasteiger partial charge in [-0.2, -0.15) is 23.4 Å². The van der Waals surface area contributed by atoms with Crippen LogP contribution < -0.4 is 5.32 Å². The summed E-state index contributed by atoms with van der Waals surface area (Å²) in [5.74, 6) is 0.953. The molecule has 0 atom stereocenters. The van der Waals surface area contributed by atoms with Crippen molar-refractivity contribution in [2.45, 2.75) is 45.9 Å². The highest BCUT2D eigenvalue weighted by atomic mass is 19.4. The molecule has 3 heterocycles. The fourth-order valence-electron chi connectivity index (χ4n) is 4.39. The molecule has 8 nitrogen and oxygen atoms in total. The zero-order valence-electron chi connectivity index (χ0n) is 20.0. The number of benzene rings is 1. The molecule has 0 radical (unpaired) electrons. The standard InChI is InChI=1S/C24H26F3N7O/c1-13-20(23(3,4)35)14(2)34(31-13)19-12-18(28)30-22-17(10-11-29-19)21(32-33(22)5)15-6-8-16(9-7-15)24(25,26)27/h6-9,11-12,35H,10H2,1-5H3,(H2,28,30)/b19-12+,29-11-. The Morgan fingerprint density at radius 3 is 2.31 bits per heavy atom. The predicted molar refractivity (Wildman–Crippen MR) is 128 cm³/mol. The minimum Gasteiger partial charge on any atom is -0.386 e. The Morgan fingerprint density at radius 2 is 1.74 bits per heavy atom. The Kier molecular flexibility index (Phi) is 5.92. The van der Waals surface area contributed by atoms with E-state index in [-0.39, 0.29) is 5.84 Å². The molecule has 3 aromatic rings. The van der Waals surface area contributed by atoms with Crippen LogP contribution in [0.3, 0.4) is 0 Å². The zero-order chi connectivity index (χ0) is 25.7. The average Bonchev–Trinajstić information content (AvgIpc) is 3.24. The summed E-state index contributed by atoms with van der Waals surface area (Å²) in [6.07, 6.45) is -0.936. The van der Waals surface area contributed by atoms with Crippen LogP contribution in [-0.2, 0) is 25.2 Å². The molecule has 0 bridgehead atoms. The minimum atomic E-state index is -4.42. The molecule has 0 fully saturated rings. The number of alkyl halides is 3. The van der Waals surface area contributed by atoms with Crippen LogP contribution in [0.25, 0.3) is 17.1 Å². The topological polar surface area (TPSA) is 104 Å². The Balaban J connectivity index is 1.73. The Bertz CT molecular complexity index is 1350. The van der Waals surface area contributed by atoms with E-state index in [1.54, 1.807) is 43.4 Å². The summed E-state index contributed by atoms with van der Waals surface area (Å²) in [5, 5.41) is 31.1. The number of nitrogens with zero attached hydrogens (tertiary/aromatic N) is 5. The molecule has 0 aliphatic carbocycles. The van der Waals surface area contributed by atoms with E-state index in [1.807, 2.05) is 6.92 Å². The molecular weight excluding hydrogens is 459 g/mol. The van der Waals surface area contributed by atoms with E-state index < -0.39 is 17.3 Å². The third-order valence-electron chi connectivity index (χ3n) is 5.80. The lowest BCUT2D eigenvalue weighted by Crippen LogP contribution is -2.18. The van der Waals surface area contributed by atoms with Crippen molar-refractivity contribution in [3.8, 4) is 11.3 Å². The predicted octanol–water partition coefficient (Wildman–Crippen LogP) is 4.66. The molecule has 3 N–H and O–H groups in total. The molecule has 0 saturated carbocycles.